The van der Waals surface area contributed by atoms with Crippen LogP contribution in [0, 0.1) is 0 Å². The van der Waals surface area contributed by atoms with Crippen LogP contribution in [0.2, 0.25) is 0 Å². The van der Waals surface area contributed by atoms with Crippen molar-refractivity contribution in [3.63, 3.8) is 0 Å². The van der Waals surface area contributed by atoms with Crippen molar-refractivity contribution in [3.05, 3.63) is 65.2 Å². The molecule has 4 nitrogen and oxygen atoms in total. The zero-order valence-corrected chi connectivity index (χ0v) is 17.5. The lowest BCUT2D eigenvalue weighted by Gasteiger charge is -2.30. The highest BCUT2D eigenvalue weighted by Crippen LogP contribution is 2.37. The van der Waals surface area contributed by atoms with Gasteiger partial charge in [0, 0.05) is 32.7 Å². The molecule has 2 aromatic rings. The first kappa shape index (κ1) is 21.8. The summed E-state index contributed by atoms with van der Waals surface area (Å²) in [5.41, 5.74) is 0.763. The van der Waals surface area contributed by atoms with Crippen molar-refractivity contribution in [1.29, 1.82) is 0 Å². The zero-order chi connectivity index (χ0) is 21.4. The van der Waals surface area contributed by atoms with Gasteiger partial charge in [0.05, 0.1) is 10.5 Å². The van der Waals surface area contributed by atoms with Crippen LogP contribution in [-0.4, -0.2) is 37.8 Å². The number of nitrogens with zero attached hydrogens (tertiary/aromatic N) is 2. The maximum Gasteiger partial charge on any atom is 0.416 e. The van der Waals surface area contributed by atoms with E-state index in [9.17, 15) is 21.6 Å². The number of halogens is 3. The van der Waals surface area contributed by atoms with Gasteiger partial charge in [0.1, 0.15) is 0 Å². The third kappa shape index (κ3) is 4.99. The van der Waals surface area contributed by atoms with Crippen molar-refractivity contribution in [1.82, 2.24) is 9.21 Å². The highest BCUT2D eigenvalue weighted by molar-refractivity contribution is 7.89. The van der Waals surface area contributed by atoms with Crippen LogP contribution in [0.25, 0.3) is 0 Å². The molecule has 0 radical (unpaired) electrons. The summed E-state index contributed by atoms with van der Waals surface area (Å²) in [5.74, 6) is 0. The fourth-order valence-electron chi connectivity index (χ4n) is 3.38. The number of benzene rings is 2. The van der Waals surface area contributed by atoms with Gasteiger partial charge in [-0.25, -0.2) is 12.7 Å². The van der Waals surface area contributed by atoms with Gasteiger partial charge in [-0.3, -0.25) is 4.90 Å². The van der Waals surface area contributed by atoms with Gasteiger partial charge in [0.15, 0.2) is 0 Å². The lowest BCUT2D eigenvalue weighted by Crippen LogP contribution is -2.29. The van der Waals surface area contributed by atoms with E-state index in [1.807, 2.05) is 13.0 Å². The topological polar surface area (TPSA) is 40.6 Å². The predicted molar refractivity (Wildman–Crippen MR) is 106 cm³/mol. The van der Waals surface area contributed by atoms with E-state index in [4.69, 9.17) is 0 Å². The molecule has 2 aromatic carbocycles. The van der Waals surface area contributed by atoms with Crippen molar-refractivity contribution >= 4 is 10.0 Å². The molecule has 0 spiro atoms. The third-order valence-corrected chi connectivity index (χ3v) is 7.06. The van der Waals surface area contributed by atoms with Crippen LogP contribution in [-0.2, 0) is 22.7 Å². The zero-order valence-electron chi connectivity index (χ0n) is 16.6. The maximum atomic E-state index is 13.1. The molecule has 0 saturated heterocycles. The standard InChI is InChI=1S/C21H25F3N2O2S/c1-15(17-7-5-8-18(13-17)21(22,23)24)26(19-10-11-19)14-16-6-4-9-20(12-16)29(27,28)25(2)3/h4-9,12-13,15,19H,10-11,14H2,1-3H3. The van der Waals surface area contributed by atoms with Gasteiger partial charge < -0.3 is 0 Å². The Morgan fingerprint density at radius 1 is 1.07 bits per heavy atom. The molecule has 1 unspecified atom stereocenters. The van der Waals surface area contributed by atoms with E-state index in [2.05, 4.69) is 4.90 Å². The summed E-state index contributed by atoms with van der Waals surface area (Å²) in [7, 11) is -0.584. The van der Waals surface area contributed by atoms with Gasteiger partial charge >= 0.3 is 6.18 Å². The molecular weight excluding hydrogens is 401 g/mol. The van der Waals surface area contributed by atoms with E-state index in [1.54, 1.807) is 24.3 Å². The molecule has 8 heteroatoms. The van der Waals surface area contributed by atoms with E-state index in [0.717, 1.165) is 28.8 Å². The van der Waals surface area contributed by atoms with Gasteiger partial charge in [-0.2, -0.15) is 13.2 Å². The summed E-state index contributed by atoms with van der Waals surface area (Å²) in [6, 6.07) is 12.2. The van der Waals surface area contributed by atoms with Crippen LogP contribution in [0.4, 0.5) is 13.2 Å². The normalized spacial score (nSPS) is 16.4. The van der Waals surface area contributed by atoms with Crippen LogP contribution in [0.5, 0.6) is 0 Å². The summed E-state index contributed by atoms with van der Waals surface area (Å²) in [5, 5.41) is 0. The maximum absolute atomic E-state index is 13.1. The van der Waals surface area contributed by atoms with Crippen molar-refractivity contribution in [2.45, 2.75) is 49.5 Å². The van der Waals surface area contributed by atoms with Gasteiger partial charge in [-0.1, -0.05) is 24.3 Å². The van der Waals surface area contributed by atoms with Crippen LogP contribution in [0.3, 0.4) is 0 Å². The lowest BCUT2D eigenvalue weighted by atomic mass is 10.0. The number of alkyl halides is 3. The number of sulfonamides is 1. The first-order valence-corrected chi connectivity index (χ1v) is 10.9. The fourth-order valence-corrected chi connectivity index (χ4v) is 4.35. The largest absolute Gasteiger partial charge is 0.416 e. The Morgan fingerprint density at radius 3 is 2.31 bits per heavy atom. The van der Waals surface area contributed by atoms with Crippen LogP contribution < -0.4 is 0 Å². The number of hydrogen-bond acceptors (Lipinski definition) is 3. The molecular formula is C21H25F3N2O2S. The predicted octanol–water partition coefficient (Wildman–Crippen LogP) is 4.68. The molecule has 0 aliphatic heterocycles. The highest BCUT2D eigenvalue weighted by Gasteiger charge is 2.35. The molecule has 1 aliphatic rings. The SMILES string of the molecule is CC(c1cccc(C(F)(F)F)c1)N(Cc1cccc(S(=O)(=O)N(C)C)c1)C1CC1. The summed E-state index contributed by atoms with van der Waals surface area (Å²) in [4.78, 5) is 2.36. The van der Waals surface area contributed by atoms with Crippen molar-refractivity contribution < 1.29 is 21.6 Å². The van der Waals surface area contributed by atoms with Crippen LogP contribution in [0.1, 0.15) is 42.5 Å². The minimum absolute atomic E-state index is 0.211. The summed E-state index contributed by atoms with van der Waals surface area (Å²) >= 11 is 0. The average Bonchev–Trinajstić information content (AvgIpc) is 3.50. The Bertz CT molecular complexity index is 970. The smallest absolute Gasteiger partial charge is 0.289 e. The molecule has 0 amide bonds. The fraction of sp³-hybridized carbons (Fsp3) is 0.429. The molecule has 158 valence electrons. The average molecular weight is 427 g/mol. The lowest BCUT2D eigenvalue weighted by molar-refractivity contribution is -0.137. The molecule has 1 aliphatic carbocycles. The Kier molecular flexibility index (Phi) is 6.08. The summed E-state index contributed by atoms with van der Waals surface area (Å²) < 4.78 is 65.3. The van der Waals surface area contributed by atoms with Crippen molar-refractivity contribution in [2.24, 2.45) is 0 Å². The first-order chi connectivity index (χ1) is 13.5. The molecule has 29 heavy (non-hydrogen) atoms. The number of rotatable bonds is 7. The second-order valence-electron chi connectivity index (χ2n) is 7.64. The Morgan fingerprint density at radius 2 is 1.72 bits per heavy atom. The van der Waals surface area contributed by atoms with E-state index >= 15 is 0 Å². The van der Waals surface area contributed by atoms with Gasteiger partial charge in [-0.05, 0) is 55.2 Å². The van der Waals surface area contributed by atoms with Gasteiger partial charge in [0.2, 0.25) is 10.0 Å². The van der Waals surface area contributed by atoms with Crippen molar-refractivity contribution in [2.75, 3.05) is 14.1 Å². The minimum Gasteiger partial charge on any atom is -0.289 e. The first-order valence-electron chi connectivity index (χ1n) is 9.44. The van der Waals surface area contributed by atoms with E-state index in [1.165, 1.54) is 26.2 Å². The summed E-state index contributed by atoms with van der Waals surface area (Å²) in [6.07, 6.45) is -2.41. The quantitative estimate of drug-likeness (QED) is 0.645. The monoisotopic (exact) mass is 426 g/mol. The van der Waals surface area contributed by atoms with E-state index in [0.29, 0.717) is 12.1 Å². The van der Waals surface area contributed by atoms with Gasteiger partial charge in [-0.15, -0.1) is 0 Å². The molecule has 0 aromatic heterocycles. The van der Waals surface area contributed by atoms with Crippen molar-refractivity contribution in [3.8, 4) is 0 Å². The Hall–Kier alpha value is -1.90. The minimum atomic E-state index is -4.38. The third-order valence-electron chi connectivity index (χ3n) is 5.25. The molecule has 3 rings (SSSR count). The molecule has 1 fully saturated rings. The van der Waals surface area contributed by atoms with Crippen LogP contribution >= 0.6 is 0 Å². The molecule has 0 heterocycles. The molecule has 0 bridgehead atoms. The molecule has 0 N–H and O–H groups in total. The Labute approximate surface area is 170 Å². The van der Waals surface area contributed by atoms with Gasteiger partial charge in [0.25, 0.3) is 0 Å². The Balaban J connectivity index is 1.87. The second-order valence-corrected chi connectivity index (χ2v) is 9.79. The van der Waals surface area contributed by atoms with E-state index in [-0.39, 0.29) is 17.0 Å². The molecule has 1 atom stereocenters. The van der Waals surface area contributed by atoms with Crippen LogP contribution in [0.15, 0.2) is 53.4 Å². The highest BCUT2D eigenvalue weighted by atomic mass is 32.2. The van der Waals surface area contributed by atoms with E-state index < -0.39 is 21.8 Å². The molecule has 1 saturated carbocycles. The number of hydrogen-bond donors (Lipinski definition) is 0. The summed E-state index contributed by atoms with van der Waals surface area (Å²) in [6.45, 7) is 2.37. The second kappa shape index (κ2) is 8.08.